The van der Waals surface area contributed by atoms with Crippen LogP contribution < -0.4 is 10.2 Å². The van der Waals surface area contributed by atoms with E-state index < -0.39 is 0 Å². The fourth-order valence-corrected chi connectivity index (χ4v) is 3.92. The maximum atomic E-state index is 12.7. The summed E-state index contributed by atoms with van der Waals surface area (Å²) in [6.45, 7) is 4.85. The molecule has 0 saturated carbocycles. The third kappa shape index (κ3) is 4.43. The van der Waals surface area contributed by atoms with Crippen molar-refractivity contribution in [3.8, 4) is 0 Å². The molecule has 3 aromatic rings. The molecule has 1 aliphatic heterocycles. The topological polar surface area (TPSA) is 63.1 Å². The Morgan fingerprint density at radius 1 is 1.10 bits per heavy atom. The summed E-state index contributed by atoms with van der Waals surface area (Å²) in [5, 5.41) is 7.73. The van der Waals surface area contributed by atoms with Crippen LogP contribution in [0.2, 0.25) is 5.15 Å². The quantitative estimate of drug-likeness (QED) is 0.672. The van der Waals surface area contributed by atoms with Gasteiger partial charge in [-0.05, 0) is 37.0 Å². The zero-order chi connectivity index (χ0) is 20.2. The van der Waals surface area contributed by atoms with Crippen molar-refractivity contribution in [3.63, 3.8) is 0 Å². The standard InChI is InChI=1S/C22H24ClN5O/c1-16-20(21(23)28(26-16)15-17-7-3-2-4-8-17)22(29)25-14-18-9-10-19(24-13-18)27-11-5-6-12-27/h2-4,7-10,13H,5-6,11-12,14-15H2,1H3,(H,25,29). The molecular weight excluding hydrogens is 386 g/mol. The maximum absolute atomic E-state index is 12.7. The van der Waals surface area contributed by atoms with E-state index in [4.69, 9.17) is 11.6 Å². The molecule has 1 aliphatic rings. The van der Waals surface area contributed by atoms with Gasteiger partial charge in [0, 0.05) is 25.8 Å². The zero-order valence-corrected chi connectivity index (χ0v) is 17.2. The van der Waals surface area contributed by atoms with Crippen molar-refractivity contribution in [1.29, 1.82) is 0 Å². The molecule has 1 fully saturated rings. The van der Waals surface area contributed by atoms with Gasteiger partial charge in [-0.15, -0.1) is 0 Å². The Kier molecular flexibility index (Phi) is 5.81. The van der Waals surface area contributed by atoms with E-state index >= 15 is 0 Å². The lowest BCUT2D eigenvalue weighted by atomic mass is 10.2. The van der Waals surface area contributed by atoms with E-state index in [2.05, 4.69) is 20.3 Å². The minimum Gasteiger partial charge on any atom is -0.357 e. The minimum absolute atomic E-state index is 0.226. The third-order valence-corrected chi connectivity index (χ3v) is 5.54. The molecule has 7 heteroatoms. The summed E-state index contributed by atoms with van der Waals surface area (Å²) in [5.41, 5.74) is 3.06. The van der Waals surface area contributed by atoms with Crippen LogP contribution in [-0.2, 0) is 13.1 Å². The number of carbonyl (C=O) groups excluding carboxylic acids is 1. The van der Waals surface area contributed by atoms with Crippen LogP contribution in [0.4, 0.5) is 5.82 Å². The number of nitrogens with zero attached hydrogens (tertiary/aromatic N) is 4. The molecule has 1 saturated heterocycles. The average Bonchev–Trinajstić information content (AvgIpc) is 3.36. The molecule has 0 aliphatic carbocycles. The van der Waals surface area contributed by atoms with E-state index in [1.807, 2.05) is 48.7 Å². The highest BCUT2D eigenvalue weighted by Crippen LogP contribution is 2.21. The number of anilines is 1. The van der Waals surface area contributed by atoms with Gasteiger partial charge in [0.1, 0.15) is 11.0 Å². The van der Waals surface area contributed by atoms with Crippen LogP contribution in [0.5, 0.6) is 0 Å². The van der Waals surface area contributed by atoms with Gasteiger partial charge in [-0.1, -0.05) is 48.0 Å². The van der Waals surface area contributed by atoms with E-state index in [0.717, 1.165) is 30.0 Å². The van der Waals surface area contributed by atoms with Gasteiger partial charge in [-0.3, -0.25) is 4.79 Å². The molecule has 2 aromatic heterocycles. The highest BCUT2D eigenvalue weighted by Gasteiger charge is 2.20. The molecule has 29 heavy (non-hydrogen) atoms. The van der Waals surface area contributed by atoms with Gasteiger partial charge in [0.2, 0.25) is 0 Å². The summed E-state index contributed by atoms with van der Waals surface area (Å²) >= 11 is 6.47. The first-order valence-corrected chi connectivity index (χ1v) is 10.2. The largest absolute Gasteiger partial charge is 0.357 e. The molecule has 150 valence electrons. The van der Waals surface area contributed by atoms with Crippen molar-refractivity contribution >= 4 is 23.3 Å². The predicted molar refractivity (Wildman–Crippen MR) is 114 cm³/mol. The number of pyridine rings is 1. The van der Waals surface area contributed by atoms with Crippen molar-refractivity contribution < 1.29 is 4.79 Å². The molecule has 0 unspecified atom stereocenters. The molecule has 0 atom stereocenters. The lowest BCUT2D eigenvalue weighted by Crippen LogP contribution is -2.24. The van der Waals surface area contributed by atoms with Gasteiger partial charge < -0.3 is 10.2 Å². The Bertz CT molecular complexity index is 978. The van der Waals surface area contributed by atoms with Crippen LogP contribution in [0, 0.1) is 6.92 Å². The van der Waals surface area contributed by atoms with Crippen molar-refractivity contribution in [2.75, 3.05) is 18.0 Å². The first-order chi connectivity index (χ1) is 14.1. The van der Waals surface area contributed by atoms with Crippen LogP contribution in [0.3, 0.4) is 0 Å². The lowest BCUT2D eigenvalue weighted by molar-refractivity contribution is 0.0950. The summed E-state index contributed by atoms with van der Waals surface area (Å²) < 4.78 is 1.66. The van der Waals surface area contributed by atoms with Gasteiger partial charge in [-0.25, -0.2) is 9.67 Å². The number of halogens is 1. The van der Waals surface area contributed by atoms with Crippen LogP contribution in [0.15, 0.2) is 48.7 Å². The number of nitrogens with one attached hydrogen (secondary N) is 1. The Labute approximate surface area is 175 Å². The number of rotatable bonds is 6. The highest BCUT2D eigenvalue weighted by molar-refractivity contribution is 6.33. The molecule has 0 spiro atoms. The number of amides is 1. The number of carbonyl (C=O) groups is 1. The molecule has 3 heterocycles. The fourth-order valence-electron chi connectivity index (χ4n) is 3.60. The molecular formula is C22H24ClN5O. The Balaban J connectivity index is 1.40. The fraction of sp³-hybridized carbons (Fsp3) is 0.318. The van der Waals surface area contributed by atoms with Crippen LogP contribution in [0.25, 0.3) is 0 Å². The molecule has 0 bridgehead atoms. The first kappa shape index (κ1) is 19.5. The molecule has 0 radical (unpaired) electrons. The number of aryl methyl sites for hydroxylation is 1. The maximum Gasteiger partial charge on any atom is 0.256 e. The molecule has 1 amide bonds. The lowest BCUT2D eigenvalue weighted by Gasteiger charge is -2.16. The van der Waals surface area contributed by atoms with Gasteiger partial charge >= 0.3 is 0 Å². The number of hydrogen-bond donors (Lipinski definition) is 1. The van der Waals surface area contributed by atoms with Crippen LogP contribution >= 0.6 is 11.6 Å². The summed E-state index contributed by atoms with van der Waals surface area (Å²) in [7, 11) is 0. The summed E-state index contributed by atoms with van der Waals surface area (Å²) in [4.78, 5) is 19.5. The Morgan fingerprint density at radius 2 is 1.86 bits per heavy atom. The number of benzene rings is 1. The second-order valence-corrected chi connectivity index (χ2v) is 7.65. The van der Waals surface area contributed by atoms with E-state index in [-0.39, 0.29) is 5.91 Å². The smallest absolute Gasteiger partial charge is 0.256 e. The van der Waals surface area contributed by atoms with Crippen LogP contribution in [-0.4, -0.2) is 33.8 Å². The third-order valence-electron chi connectivity index (χ3n) is 5.16. The monoisotopic (exact) mass is 409 g/mol. The van der Waals surface area contributed by atoms with Crippen molar-refractivity contribution in [1.82, 2.24) is 20.1 Å². The summed E-state index contributed by atoms with van der Waals surface area (Å²) in [6, 6.07) is 13.9. The minimum atomic E-state index is -0.226. The van der Waals surface area contributed by atoms with E-state index in [1.54, 1.807) is 11.6 Å². The zero-order valence-electron chi connectivity index (χ0n) is 16.4. The Hall–Kier alpha value is -2.86. The van der Waals surface area contributed by atoms with Crippen molar-refractivity contribution in [2.24, 2.45) is 0 Å². The second kappa shape index (κ2) is 8.66. The van der Waals surface area contributed by atoms with Crippen molar-refractivity contribution in [3.05, 3.63) is 76.2 Å². The van der Waals surface area contributed by atoms with Gasteiger partial charge in [-0.2, -0.15) is 5.10 Å². The molecule has 1 aromatic carbocycles. The van der Waals surface area contributed by atoms with Crippen LogP contribution in [0.1, 0.15) is 40.0 Å². The predicted octanol–water partition coefficient (Wildman–Crippen LogP) is 3.82. The van der Waals surface area contributed by atoms with E-state index in [1.165, 1.54) is 12.8 Å². The average molecular weight is 410 g/mol. The van der Waals surface area contributed by atoms with E-state index in [9.17, 15) is 4.79 Å². The van der Waals surface area contributed by atoms with Crippen molar-refractivity contribution in [2.45, 2.75) is 32.9 Å². The highest BCUT2D eigenvalue weighted by atomic mass is 35.5. The SMILES string of the molecule is Cc1nn(Cc2ccccc2)c(Cl)c1C(=O)NCc1ccc(N2CCCC2)nc1. The van der Waals surface area contributed by atoms with Gasteiger partial charge in [0.05, 0.1) is 17.8 Å². The molecule has 1 N–H and O–H groups in total. The molecule has 4 rings (SSSR count). The first-order valence-electron chi connectivity index (χ1n) is 9.87. The van der Waals surface area contributed by atoms with Gasteiger partial charge in [0.25, 0.3) is 5.91 Å². The normalized spacial score (nSPS) is 13.7. The number of aromatic nitrogens is 3. The molecule has 6 nitrogen and oxygen atoms in total. The summed E-state index contributed by atoms with van der Waals surface area (Å²) in [5.74, 6) is 0.772. The van der Waals surface area contributed by atoms with Gasteiger partial charge in [0.15, 0.2) is 0 Å². The number of hydrogen-bond acceptors (Lipinski definition) is 4. The Morgan fingerprint density at radius 3 is 2.55 bits per heavy atom. The summed E-state index contributed by atoms with van der Waals surface area (Å²) in [6.07, 6.45) is 4.26. The second-order valence-electron chi connectivity index (χ2n) is 7.30. The van der Waals surface area contributed by atoms with E-state index in [0.29, 0.717) is 29.5 Å².